The fourth-order valence-corrected chi connectivity index (χ4v) is 2.51. The van der Waals surface area contributed by atoms with E-state index in [1.54, 1.807) is 28.8 Å². The highest BCUT2D eigenvalue weighted by Crippen LogP contribution is 2.16. The van der Waals surface area contributed by atoms with Gasteiger partial charge in [-0.15, -0.1) is 0 Å². The van der Waals surface area contributed by atoms with Crippen molar-refractivity contribution in [1.82, 2.24) is 9.99 Å². The fourth-order valence-electron chi connectivity index (χ4n) is 1.74. The van der Waals surface area contributed by atoms with E-state index in [0.29, 0.717) is 11.4 Å². The van der Waals surface area contributed by atoms with E-state index in [1.165, 1.54) is 7.11 Å². The average molecular weight is 339 g/mol. The standard InChI is InChI=1S/C14H18N4O4S/c1-17-7-8-18(10-17)11-23(20)22-13-5-3-12(4-6-13)15-16-14(19)9-21-2/h3-8,10,15H,9,11H2,1-2H3/p+1. The van der Waals surface area contributed by atoms with Crippen molar-refractivity contribution in [2.75, 3.05) is 19.1 Å². The van der Waals surface area contributed by atoms with Crippen molar-refractivity contribution in [2.45, 2.75) is 5.88 Å². The van der Waals surface area contributed by atoms with Crippen LogP contribution in [0, 0.1) is 0 Å². The quantitative estimate of drug-likeness (QED) is 0.526. The number of carbonyl (C=O) groups excluding carboxylic acids is 1. The number of aryl methyl sites for hydroxylation is 1. The van der Waals surface area contributed by atoms with Crippen LogP contribution in [0.1, 0.15) is 0 Å². The van der Waals surface area contributed by atoms with Crippen molar-refractivity contribution in [2.24, 2.45) is 7.05 Å². The number of amides is 1. The zero-order valence-corrected chi connectivity index (χ0v) is 13.7. The summed E-state index contributed by atoms with van der Waals surface area (Å²) in [6, 6.07) is 6.74. The van der Waals surface area contributed by atoms with Gasteiger partial charge in [0.2, 0.25) is 23.3 Å². The third-order valence-corrected chi connectivity index (χ3v) is 3.63. The van der Waals surface area contributed by atoms with Gasteiger partial charge in [-0.1, -0.05) is 0 Å². The molecule has 2 aromatic rings. The van der Waals surface area contributed by atoms with Gasteiger partial charge in [-0.3, -0.25) is 15.6 Å². The van der Waals surface area contributed by atoms with Crippen molar-refractivity contribution in [1.29, 1.82) is 0 Å². The highest BCUT2D eigenvalue weighted by molar-refractivity contribution is 7.79. The van der Waals surface area contributed by atoms with Gasteiger partial charge in [0.15, 0.2) is 0 Å². The van der Waals surface area contributed by atoms with Crippen molar-refractivity contribution in [3.8, 4) is 5.75 Å². The summed E-state index contributed by atoms with van der Waals surface area (Å²) in [5.74, 6) is 0.441. The topological polar surface area (TPSA) is 85.5 Å². The highest BCUT2D eigenvalue weighted by atomic mass is 32.2. The Morgan fingerprint density at radius 1 is 1.35 bits per heavy atom. The average Bonchev–Trinajstić information content (AvgIpc) is 2.92. The molecule has 0 saturated carbocycles. The highest BCUT2D eigenvalue weighted by Gasteiger charge is 2.09. The van der Waals surface area contributed by atoms with Crippen LogP contribution in [0.2, 0.25) is 0 Å². The molecule has 23 heavy (non-hydrogen) atoms. The first kappa shape index (κ1) is 17.0. The molecule has 0 aliphatic rings. The number of anilines is 1. The Morgan fingerprint density at radius 3 is 2.70 bits per heavy atom. The maximum Gasteiger partial charge on any atom is 0.264 e. The summed E-state index contributed by atoms with van der Waals surface area (Å²) in [5.41, 5.74) is 5.88. The molecule has 1 heterocycles. The second-order valence-corrected chi connectivity index (χ2v) is 5.77. The Morgan fingerprint density at radius 2 is 2.09 bits per heavy atom. The normalized spacial score (nSPS) is 11.7. The van der Waals surface area contributed by atoms with Gasteiger partial charge in [0.1, 0.15) is 24.8 Å². The van der Waals surface area contributed by atoms with Gasteiger partial charge >= 0.3 is 0 Å². The maximum absolute atomic E-state index is 11.9. The first-order valence-corrected chi connectivity index (χ1v) is 8.03. The van der Waals surface area contributed by atoms with E-state index in [1.807, 2.05) is 30.3 Å². The Hall–Kier alpha value is -2.39. The lowest BCUT2D eigenvalue weighted by molar-refractivity contribution is -0.670. The molecule has 2 rings (SSSR count). The van der Waals surface area contributed by atoms with Crippen molar-refractivity contribution < 1.29 is 22.5 Å². The van der Waals surface area contributed by atoms with Gasteiger partial charge in [0, 0.05) is 7.11 Å². The second-order valence-electron chi connectivity index (χ2n) is 4.74. The molecule has 0 spiro atoms. The van der Waals surface area contributed by atoms with Crippen LogP contribution in [0.15, 0.2) is 43.0 Å². The number of methoxy groups -OCH3 is 1. The molecule has 8 nitrogen and oxygen atoms in total. The number of benzene rings is 1. The van der Waals surface area contributed by atoms with Crippen molar-refractivity contribution >= 4 is 22.7 Å². The molecular formula is C14H19N4O4S+. The van der Waals surface area contributed by atoms with Gasteiger partial charge < -0.3 is 8.92 Å². The van der Waals surface area contributed by atoms with Gasteiger partial charge in [-0.25, -0.2) is 13.3 Å². The van der Waals surface area contributed by atoms with Gasteiger partial charge in [0.05, 0.1) is 12.7 Å². The zero-order chi connectivity index (χ0) is 16.7. The van der Waals surface area contributed by atoms with Crippen molar-refractivity contribution in [3.63, 3.8) is 0 Å². The number of ether oxygens (including phenoxy) is 1. The van der Waals surface area contributed by atoms with Crippen LogP contribution >= 0.6 is 0 Å². The molecule has 1 unspecified atom stereocenters. The summed E-state index contributed by atoms with van der Waals surface area (Å²) in [4.78, 5) is 11.2. The summed E-state index contributed by atoms with van der Waals surface area (Å²) < 4.78 is 25.6. The van der Waals surface area contributed by atoms with Crippen LogP contribution in [0.3, 0.4) is 0 Å². The molecule has 0 fully saturated rings. The summed E-state index contributed by atoms with van der Waals surface area (Å²) in [6.45, 7) is -0.0235. The fraction of sp³-hybridized carbons (Fsp3) is 0.286. The Labute approximate surface area is 136 Å². The number of carbonyl (C=O) groups is 1. The molecule has 2 N–H and O–H groups in total. The molecule has 124 valence electrons. The van der Waals surface area contributed by atoms with E-state index < -0.39 is 11.1 Å². The summed E-state index contributed by atoms with van der Waals surface area (Å²) in [7, 11) is 3.33. The van der Waals surface area contributed by atoms with Crippen LogP contribution in [0.5, 0.6) is 5.75 Å². The molecule has 0 aliphatic heterocycles. The molecule has 1 amide bonds. The number of rotatable bonds is 8. The number of nitrogens with zero attached hydrogens (tertiary/aromatic N) is 2. The van der Waals surface area contributed by atoms with E-state index in [2.05, 4.69) is 10.9 Å². The summed E-state index contributed by atoms with van der Waals surface area (Å²) in [6.07, 6.45) is 5.49. The van der Waals surface area contributed by atoms with E-state index in [9.17, 15) is 9.00 Å². The lowest BCUT2D eigenvalue weighted by atomic mass is 10.3. The van der Waals surface area contributed by atoms with E-state index in [0.717, 1.165) is 0 Å². The zero-order valence-electron chi connectivity index (χ0n) is 12.9. The third kappa shape index (κ3) is 5.72. The van der Waals surface area contributed by atoms with Gasteiger partial charge in [-0.2, -0.15) is 0 Å². The van der Waals surface area contributed by atoms with E-state index >= 15 is 0 Å². The Balaban J connectivity index is 1.82. The number of hydrazine groups is 1. The van der Waals surface area contributed by atoms with Crippen LogP contribution < -0.4 is 19.6 Å². The SMILES string of the molecule is COCC(=O)NNc1ccc(OS(=O)Cn2cc[n+](C)c2)cc1. The van der Waals surface area contributed by atoms with Crippen LogP contribution in [0.4, 0.5) is 5.69 Å². The lowest BCUT2D eigenvalue weighted by Gasteiger charge is -2.09. The smallest absolute Gasteiger partial charge is 0.264 e. The number of aromatic nitrogens is 2. The minimum absolute atomic E-state index is 0.0235. The second kappa shape index (κ2) is 8.30. The monoisotopic (exact) mass is 339 g/mol. The first-order valence-electron chi connectivity index (χ1n) is 6.78. The molecule has 0 aliphatic carbocycles. The number of hydrogen-bond acceptors (Lipinski definition) is 5. The molecule has 1 atom stereocenters. The maximum atomic E-state index is 11.9. The summed E-state index contributed by atoms with van der Waals surface area (Å²) >= 11 is -1.49. The molecule has 0 bridgehead atoms. The van der Waals surface area contributed by atoms with Crippen LogP contribution in [0.25, 0.3) is 0 Å². The minimum atomic E-state index is -1.49. The van der Waals surface area contributed by atoms with E-state index in [-0.39, 0.29) is 18.4 Å². The molecule has 9 heteroatoms. The molecule has 0 radical (unpaired) electrons. The minimum Gasteiger partial charge on any atom is -0.398 e. The number of nitrogens with one attached hydrogen (secondary N) is 2. The predicted octanol–water partition coefficient (Wildman–Crippen LogP) is 0.102. The Bertz CT molecular complexity index is 672. The third-order valence-electron chi connectivity index (χ3n) is 2.74. The number of imidazole rings is 1. The van der Waals surface area contributed by atoms with Crippen LogP contribution in [-0.4, -0.2) is 28.4 Å². The van der Waals surface area contributed by atoms with Crippen LogP contribution in [-0.2, 0) is 33.5 Å². The number of hydrogen-bond donors (Lipinski definition) is 2. The molecule has 1 aromatic heterocycles. The predicted molar refractivity (Wildman–Crippen MR) is 84.5 cm³/mol. The van der Waals surface area contributed by atoms with Gasteiger partial charge in [-0.05, 0) is 24.3 Å². The Kier molecular flexibility index (Phi) is 6.12. The van der Waals surface area contributed by atoms with Gasteiger partial charge in [0.25, 0.3) is 5.91 Å². The molecule has 0 saturated heterocycles. The first-order chi connectivity index (χ1) is 11.1. The van der Waals surface area contributed by atoms with Crippen molar-refractivity contribution in [3.05, 3.63) is 43.0 Å². The largest absolute Gasteiger partial charge is 0.398 e. The van der Waals surface area contributed by atoms with E-state index in [4.69, 9.17) is 8.92 Å². The molecular weight excluding hydrogens is 320 g/mol. The summed E-state index contributed by atoms with van der Waals surface area (Å²) in [5, 5.41) is 0. The lowest BCUT2D eigenvalue weighted by Crippen LogP contribution is -2.32. The molecule has 1 aromatic carbocycles.